The number of rotatable bonds is 6. The van der Waals surface area contributed by atoms with Gasteiger partial charge in [0.15, 0.2) is 16.7 Å². The second kappa shape index (κ2) is 9.31. The zero-order valence-corrected chi connectivity index (χ0v) is 17.2. The van der Waals surface area contributed by atoms with Gasteiger partial charge in [-0.25, -0.2) is 0 Å². The van der Waals surface area contributed by atoms with Gasteiger partial charge in [-0.05, 0) is 67.1 Å². The van der Waals surface area contributed by atoms with Crippen molar-refractivity contribution >= 4 is 28.9 Å². The van der Waals surface area contributed by atoms with Crippen LogP contribution in [0.1, 0.15) is 45.1 Å². The van der Waals surface area contributed by atoms with Crippen LogP contribution in [0, 0.1) is 5.92 Å². The van der Waals surface area contributed by atoms with Crippen LogP contribution in [0.25, 0.3) is 6.08 Å². The first-order valence-electron chi connectivity index (χ1n) is 9.65. The van der Waals surface area contributed by atoms with E-state index in [-0.39, 0.29) is 5.91 Å². The van der Waals surface area contributed by atoms with Crippen molar-refractivity contribution < 1.29 is 14.3 Å². The molecule has 1 aromatic carbocycles. The van der Waals surface area contributed by atoms with Crippen molar-refractivity contribution in [3.63, 3.8) is 0 Å². The number of piperidine rings is 1. The molecule has 0 aromatic heterocycles. The van der Waals surface area contributed by atoms with E-state index in [1.807, 2.05) is 24.3 Å². The molecule has 6 heteroatoms. The topological polar surface area (TPSA) is 51.1 Å². The number of carbonyl (C=O) groups excluding carboxylic acids is 1. The van der Waals surface area contributed by atoms with Gasteiger partial charge in [-0.15, -0.1) is 0 Å². The van der Waals surface area contributed by atoms with E-state index < -0.39 is 0 Å². The van der Waals surface area contributed by atoms with E-state index in [1.165, 1.54) is 31.0 Å². The molecule has 0 bridgehead atoms. The average molecular weight is 389 g/mol. The zero-order chi connectivity index (χ0) is 19.2. The molecular weight excluding hydrogens is 360 g/mol. The van der Waals surface area contributed by atoms with Gasteiger partial charge in [-0.3, -0.25) is 4.79 Å². The first kappa shape index (κ1) is 19.8. The van der Waals surface area contributed by atoms with E-state index in [0.29, 0.717) is 23.2 Å². The summed E-state index contributed by atoms with van der Waals surface area (Å²) in [5, 5.41) is 0.839. The number of thioether (sulfide) groups is 1. The van der Waals surface area contributed by atoms with E-state index in [4.69, 9.17) is 9.47 Å². The summed E-state index contributed by atoms with van der Waals surface area (Å²) in [5.74, 6) is 1.85. The second-order valence-electron chi connectivity index (χ2n) is 7.30. The third-order valence-corrected chi connectivity index (χ3v) is 5.72. The number of hydrogen-bond acceptors (Lipinski definition) is 5. The highest BCUT2D eigenvalue weighted by Crippen LogP contribution is 2.34. The lowest BCUT2D eigenvalue weighted by Gasteiger charge is -2.27. The highest BCUT2D eigenvalue weighted by Gasteiger charge is 2.26. The Hall–Kier alpha value is -1.95. The molecule has 1 fully saturated rings. The lowest BCUT2D eigenvalue weighted by Crippen LogP contribution is -2.33. The quantitative estimate of drug-likeness (QED) is 0.668. The number of likely N-dealkylation sites (tertiary alicyclic amines) is 1. The monoisotopic (exact) mass is 388 g/mol. The Morgan fingerprint density at radius 1 is 1.22 bits per heavy atom. The van der Waals surface area contributed by atoms with Crippen molar-refractivity contribution in [2.45, 2.75) is 39.5 Å². The molecule has 27 heavy (non-hydrogen) atoms. The van der Waals surface area contributed by atoms with Crippen LogP contribution in [-0.2, 0) is 4.79 Å². The fraction of sp³-hybridized carbons (Fsp3) is 0.524. The lowest BCUT2D eigenvalue weighted by atomic mass is 10.1. The largest absolute Gasteiger partial charge is 0.493 e. The lowest BCUT2D eigenvalue weighted by molar-refractivity contribution is -0.113. The third kappa shape index (κ3) is 5.28. The van der Waals surface area contributed by atoms with E-state index in [1.54, 1.807) is 7.11 Å². The van der Waals surface area contributed by atoms with Crippen LogP contribution in [0.5, 0.6) is 11.5 Å². The van der Waals surface area contributed by atoms with E-state index in [2.05, 4.69) is 23.7 Å². The number of methoxy groups -OCH3 is 1. The zero-order valence-electron chi connectivity index (χ0n) is 16.4. The van der Waals surface area contributed by atoms with Gasteiger partial charge >= 0.3 is 0 Å². The fourth-order valence-electron chi connectivity index (χ4n) is 3.07. The molecule has 0 spiro atoms. The minimum absolute atomic E-state index is 0.156. The molecule has 0 unspecified atom stereocenters. The summed E-state index contributed by atoms with van der Waals surface area (Å²) in [6, 6.07) is 5.76. The maximum absolute atomic E-state index is 12.3. The molecule has 3 rings (SSSR count). The Morgan fingerprint density at radius 2 is 2.00 bits per heavy atom. The molecular formula is C21H28N2O3S. The Kier molecular flexibility index (Phi) is 6.83. The molecule has 2 aliphatic rings. The molecule has 0 radical (unpaired) electrons. The van der Waals surface area contributed by atoms with Crippen molar-refractivity contribution in [1.82, 2.24) is 4.90 Å². The summed E-state index contributed by atoms with van der Waals surface area (Å²) < 4.78 is 11.3. The fourth-order valence-corrected chi connectivity index (χ4v) is 4.03. The van der Waals surface area contributed by atoms with E-state index >= 15 is 0 Å². The maximum atomic E-state index is 12.3. The van der Waals surface area contributed by atoms with Crippen LogP contribution >= 0.6 is 11.8 Å². The summed E-state index contributed by atoms with van der Waals surface area (Å²) in [6.45, 7) is 6.99. The Bertz CT molecular complexity index is 737. The van der Waals surface area contributed by atoms with Gasteiger partial charge in [0.2, 0.25) is 0 Å². The maximum Gasteiger partial charge on any atom is 0.286 e. The number of amides is 1. The van der Waals surface area contributed by atoms with Gasteiger partial charge in [-0.1, -0.05) is 19.9 Å². The molecule has 0 atom stereocenters. The van der Waals surface area contributed by atoms with Crippen molar-refractivity contribution in [1.29, 1.82) is 0 Å². The molecule has 5 nitrogen and oxygen atoms in total. The Labute approximate surface area is 165 Å². The van der Waals surface area contributed by atoms with Crippen LogP contribution in [0.4, 0.5) is 0 Å². The van der Waals surface area contributed by atoms with Crippen LogP contribution in [-0.4, -0.2) is 42.8 Å². The highest BCUT2D eigenvalue weighted by molar-refractivity contribution is 8.18. The molecule has 0 N–H and O–H groups in total. The van der Waals surface area contributed by atoms with E-state index in [9.17, 15) is 4.79 Å². The van der Waals surface area contributed by atoms with Crippen LogP contribution in [0.2, 0.25) is 0 Å². The van der Waals surface area contributed by atoms with Crippen molar-refractivity contribution in [3.8, 4) is 11.5 Å². The van der Waals surface area contributed by atoms with Gasteiger partial charge < -0.3 is 14.4 Å². The number of aliphatic imine (C=N–C) groups is 1. The standard InChI is InChI=1S/C21H28N2O3S/c1-15(2)9-12-26-17-8-7-16(13-18(17)25-3)14-19-20(24)22-21(27-19)23-10-5-4-6-11-23/h7-8,13-15H,4-6,9-12H2,1-3H3. The third-order valence-electron chi connectivity index (χ3n) is 4.67. The normalized spacial score (nSPS) is 19.0. The first-order valence-corrected chi connectivity index (χ1v) is 10.5. The number of nitrogens with zero attached hydrogens (tertiary/aromatic N) is 2. The smallest absolute Gasteiger partial charge is 0.286 e. The number of ether oxygens (including phenoxy) is 2. The molecule has 1 aromatic rings. The Balaban J connectivity index is 1.68. The van der Waals surface area contributed by atoms with Crippen molar-refractivity contribution in [3.05, 3.63) is 28.7 Å². The molecule has 0 saturated carbocycles. The molecule has 1 saturated heterocycles. The molecule has 146 valence electrons. The molecule has 2 aliphatic heterocycles. The highest BCUT2D eigenvalue weighted by atomic mass is 32.2. The number of benzene rings is 1. The van der Waals surface area contributed by atoms with Crippen LogP contribution in [0.3, 0.4) is 0 Å². The molecule has 0 aliphatic carbocycles. The molecule has 1 amide bonds. The van der Waals surface area contributed by atoms with Gasteiger partial charge in [0, 0.05) is 13.1 Å². The average Bonchev–Trinajstić information content (AvgIpc) is 3.03. The minimum Gasteiger partial charge on any atom is -0.493 e. The van der Waals surface area contributed by atoms with Crippen LogP contribution in [0.15, 0.2) is 28.1 Å². The number of hydrogen-bond donors (Lipinski definition) is 0. The predicted octanol–water partition coefficient (Wildman–Crippen LogP) is 4.58. The summed E-state index contributed by atoms with van der Waals surface area (Å²) >= 11 is 1.47. The summed E-state index contributed by atoms with van der Waals surface area (Å²) in [4.78, 5) is 19.4. The first-order chi connectivity index (χ1) is 13.1. The van der Waals surface area contributed by atoms with Crippen LogP contribution < -0.4 is 9.47 Å². The minimum atomic E-state index is -0.156. The SMILES string of the molecule is COc1cc(C=C2SC(N3CCCCC3)=NC2=O)ccc1OCCC(C)C. The number of carbonyl (C=O) groups is 1. The summed E-state index contributed by atoms with van der Waals surface area (Å²) in [7, 11) is 1.63. The number of amidine groups is 1. The van der Waals surface area contributed by atoms with Gasteiger partial charge in [0.25, 0.3) is 5.91 Å². The molecule has 2 heterocycles. The summed E-state index contributed by atoms with van der Waals surface area (Å²) in [6.07, 6.45) is 6.48. The van der Waals surface area contributed by atoms with Gasteiger partial charge in [-0.2, -0.15) is 4.99 Å². The van der Waals surface area contributed by atoms with Crippen molar-refractivity contribution in [2.75, 3.05) is 26.8 Å². The van der Waals surface area contributed by atoms with Crippen molar-refractivity contribution in [2.24, 2.45) is 10.9 Å². The van der Waals surface area contributed by atoms with Gasteiger partial charge in [0.05, 0.1) is 18.6 Å². The Morgan fingerprint density at radius 3 is 2.70 bits per heavy atom. The van der Waals surface area contributed by atoms with Gasteiger partial charge in [0.1, 0.15) is 0 Å². The van der Waals surface area contributed by atoms with E-state index in [0.717, 1.165) is 36.0 Å². The summed E-state index contributed by atoms with van der Waals surface area (Å²) in [5.41, 5.74) is 0.911. The predicted molar refractivity (Wildman–Crippen MR) is 111 cm³/mol. The second-order valence-corrected chi connectivity index (χ2v) is 8.31.